The number of rotatable bonds is 6. The Bertz CT molecular complexity index is 679. The van der Waals surface area contributed by atoms with Crippen molar-refractivity contribution in [1.29, 1.82) is 0 Å². The fraction of sp³-hybridized carbons (Fsp3) is 0.429. The molecule has 1 aromatic carbocycles. The van der Waals surface area contributed by atoms with Gasteiger partial charge in [-0.25, -0.2) is 4.79 Å². The molecule has 0 saturated carbocycles. The van der Waals surface area contributed by atoms with Crippen LogP contribution in [0.25, 0.3) is 0 Å². The summed E-state index contributed by atoms with van der Waals surface area (Å²) < 4.78 is 0. The summed E-state index contributed by atoms with van der Waals surface area (Å²) in [4.78, 5) is 18.5. The zero-order valence-corrected chi connectivity index (χ0v) is 15.4. The number of nitrogens with zero attached hydrogens (tertiary/aromatic N) is 2. The van der Waals surface area contributed by atoms with Crippen LogP contribution in [0.5, 0.6) is 0 Å². The Labute approximate surface area is 155 Å². The summed E-state index contributed by atoms with van der Waals surface area (Å²) >= 11 is 0. The summed E-state index contributed by atoms with van der Waals surface area (Å²) in [5, 5.41) is 5.74. The molecule has 26 heavy (non-hydrogen) atoms. The van der Waals surface area contributed by atoms with Gasteiger partial charge in [0.1, 0.15) is 0 Å². The number of piperidine rings is 1. The van der Waals surface area contributed by atoms with Gasteiger partial charge in [0.25, 0.3) is 0 Å². The van der Waals surface area contributed by atoms with Gasteiger partial charge in [0.15, 0.2) is 0 Å². The predicted molar refractivity (Wildman–Crippen MR) is 103 cm³/mol. The second-order valence-electron chi connectivity index (χ2n) is 7.17. The van der Waals surface area contributed by atoms with Crippen LogP contribution in [0.1, 0.15) is 36.5 Å². The SMILES string of the molecule is CC1CCN(Cc2ccc(CNC(=O)NCc3cccnc3)cc2)CC1. The largest absolute Gasteiger partial charge is 0.334 e. The van der Waals surface area contributed by atoms with Crippen molar-refractivity contribution in [1.82, 2.24) is 20.5 Å². The van der Waals surface area contributed by atoms with E-state index in [-0.39, 0.29) is 6.03 Å². The number of urea groups is 1. The van der Waals surface area contributed by atoms with E-state index in [0.717, 1.165) is 23.6 Å². The lowest BCUT2D eigenvalue weighted by molar-refractivity contribution is 0.185. The van der Waals surface area contributed by atoms with E-state index in [1.54, 1.807) is 12.4 Å². The number of aromatic nitrogens is 1. The molecule has 5 nitrogen and oxygen atoms in total. The number of pyridine rings is 1. The maximum absolute atomic E-state index is 11.9. The van der Waals surface area contributed by atoms with Crippen LogP contribution >= 0.6 is 0 Å². The molecule has 2 heterocycles. The maximum Gasteiger partial charge on any atom is 0.315 e. The third kappa shape index (κ3) is 5.85. The van der Waals surface area contributed by atoms with Crippen LogP contribution in [0.3, 0.4) is 0 Å². The number of carbonyl (C=O) groups excluding carboxylic acids is 1. The molecule has 1 saturated heterocycles. The van der Waals surface area contributed by atoms with Gasteiger partial charge >= 0.3 is 6.03 Å². The highest BCUT2D eigenvalue weighted by Gasteiger charge is 2.15. The molecule has 0 bridgehead atoms. The smallest absolute Gasteiger partial charge is 0.315 e. The van der Waals surface area contributed by atoms with Crippen molar-refractivity contribution in [3.05, 3.63) is 65.5 Å². The van der Waals surface area contributed by atoms with E-state index >= 15 is 0 Å². The lowest BCUT2D eigenvalue weighted by Crippen LogP contribution is -2.34. The van der Waals surface area contributed by atoms with Gasteiger partial charge < -0.3 is 10.6 Å². The van der Waals surface area contributed by atoms with Gasteiger partial charge in [-0.3, -0.25) is 9.88 Å². The van der Waals surface area contributed by atoms with Crippen LogP contribution < -0.4 is 10.6 Å². The quantitative estimate of drug-likeness (QED) is 0.838. The minimum atomic E-state index is -0.166. The molecule has 1 aliphatic heterocycles. The van der Waals surface area contributed by atoms with E-state index in [9.17, 15) is 4.79 Å². The first-order valence-corrected chi connectivity index (χ1v) is 9.40. The summed E-state index contributed by atoms with van der Waals surface area (Å²) in [7, 11) is 0. The van der Waals surface area contributed by atoms with E-state index in [2.05, 4.69) is 51.7 Å². The van der Waals surface area contributed by atoms with Crippen LogP contribution in [-0.2, 0) is 19.6 Å². The van der Waals surface area contributed by atoms with Crippen LogP contribution in [-0.4, -0.2) is 29.0 Å². The number of hydrogen-bond acceptors (Lipinski definition) is 3. The first kappa shape index (κ1) is 18.4. The molecule has 138 valence electrons. The summed E-state index contributed by atoms with van der Waals surface area (Å²) in [6.07, 6.45) is 6.08. The van der Waals surface area contributed by atoms with Crippen LogP contribution in [0.4, 0.5) is 4.79 Å². The fourth-order valence-electron chi connectivity index (χ4n) is 3.17. The minimum absolute atomic E-state index is 0.166. The number of nitrogens with one attached hydrogen (secondary N) is 2. The third-order valence-electron chi connectivity index (χ3n) is 4.93. The molecule has 3 rings (SSSR count). The topological polar surface area (TPSA) is 57.3 Å². The Morgan fingerprint density at radius 1 is 1.04 bits per heavy atom. The van der Waals surface area contributed by atoms with Gasteiger partial charge in [-0.15, -0.1) is 0 Å². The summed E-state index contributed by atoms with van der Waals surface area (Å²) in [6.45, 7) is 6.76. The number of benzene rings is 1. The zero-order valence-electron chi connectivity index (χ0n) is 15.4. The Hall–Kier alpha value is -2.40. The van der Waals surface area contributed by atoms with Crippen LogP contribution in [0.15, 0.2) is 48.8 Å². The van der Waals surface area contributed by atoms with E-state index in [1.807, 2.05) is 12.1 Å². The Balaban J connectivity index is 1.39. The van der Waals surface area contributed by atoms with Crippen LogP contribution in [0, 0.1) is 5.92 Å². The molecule has 5 heteroatoms. The number of likely N-dealkylation sites (tertiary alicyclic amines) is 1. The average Bonchev–Trinajstić information content (AvgIpc) is 2.68. The first-order valence-electron chi connectivity index (χ1n) is 9.40. The van der Waals surface area contributed by atoms with E-state index in [4.69, 9.17) is 0 Å². The molecular formula is C21H28N4O. The van der Waals surface area contributed by atoms with Crippen molar-refractivity contribution in [3.63, 3.8) is 0 Å². The monoisotopic (exact) mass is 352 g/mol. The minimum Gasteiger partial charge on any atom is -0.334 e. The normalized spacial score (nSPS) is 15.6. The molecular weight excluding hydrogens is 324 g/mol. The highest BCUT2D eigenvalue weighted by Crippen LogP contribution is 2.18. The molecule has 1 fully saturated rings. The molecule has 0 atom stereocenters. The van der Waals surface area contributed by atoms with Gasteiger partial charge in [0.05, 0.1) is 0 Å². The molecule has 2 aromatic rings. The molecule has 2 amide bonds. The molecule has 1 aromatic heterocycles. The fourth-order valence-corrected chi connectivity index (χ4v) is 3.17. The number of hydrogen-bond donors (Lipinski definition) is 2. The van der Waals surface area contributed by atoms with E-state index < -0.39 is 0 Å². The standard InChI is InChI=1S/C21H28N4O/c1-17-8-11-25(12-9-17)16-19-6-4-18(5-7-19)14-23-21(26)24-15-20-3-2-10-22-13-20/h2-7,10,13,17H,8-9,11-12,14-16H2,1H3,(H2,23,24,26). The number of carbonyl (C=O) groups is 1. The second-order valence-corrected chi connectivity index (χ2v) is 7.17. The Morgan fingerprint density at radius 2 is 1.69 bits per heavy atom. The molecule has 0 radical (unpaired) electrons. The molecule has 2 N–H and O–H groups in total. The molecule has 0 unspecified atom stereocenters. The van der Waals surface area contributed by atoms with Crippen molar-refractivity contribution in [3.8, 4) is 0 Å². The van der Waals surface area contributed by atoms with E-state index in [0.29, 0.717) is 13.1 Å². The van der Waals surface area contributed by atoms with Gasteiger partial charge in [-0.1, -0.05) is 37.3 Å². The summed E-state index contributed by atoms with van der Waals surface area (Å²) in [5.41, 5.74) is 3.43. The van der Waals surface area contributed by atoms with E-state index in [1.165, 1.54) is 31.5 Å². The molecule has 0 spiro atoms. The maximum atomic E-state index is 11.9. The van der Waals surface area contributed by atoms with Crippen molar-refractivity contribution in [2.45, 2.75) is 39.4 Å². The average molecular weight is 352 g/mol. The summed E-state index contributed by atoms with van der Waals surface area (Å²) in [6, 6.07) is 12.2. The Kier molecular flexibility index (Phi) is 6.61. The Morgan fingerprint density at radius 3 is 2.35 bits per heavy atom. The van der Waals surface area contributed by atoms with Gasteiger partial charge in [-0.2, -0.15) is 0 Å². The van der Waals surface area contributed by atoms with Crippen molar-refractivity contribution < 1.29 is 4.79 Å². The predicted octanol–water partition coefficient (Wildman–Crippen LogP) is 3.31. The highest BCUT2D eigenvalue weighted by molar-refractivity contribution is 5.73. The number of amides is 2. The molecule has 1 aliphatic rings. The van der Waals surface area contributed by atoms with Crippen molar-refractivity contribution in [2.24, 2.45) is 5.92 Å². The van der Waals surface area contributed by atoms with Gasteiger partial charge in [-0.05, 0) is 54.6 Å². The first-order chi connectivity index (χ1) is 12.7. The second kappa shape index (κ2) is 9.34. The lowest BCUT2D eigenvalue weighted by Gasteiger charge is -2.30. The molecule has 0 aliphatic carbocycles. The lowest BCUT2D eigenvalue weighted by atomic mass is 9.99. The van der Waals surface area contributed by atoms with Crippen LogP contribution in [0.2, 0.25) is 0 Å². The van der Waals surface area contributed by atoms with Gasteiger partial charge in [0, 0.05) is 32.0 Å². The highest BCUT2D eigenvalue weighted by atomic mass is 16.2. The third-order valence-corrected chi connectivity index (χ3v) is 4.93. The summed E-state index contributed by atoms with van der Waals surface area (Å²) in [5.74, 6) is 0.865. The van der Waals surface area contributed by atoms with Crippen molar-refractivity contribution >= 4 is 6.03 Å². The van der Waals surface area contributed by atoms with Crippen molar-refractivity contribution in [2.75, 3.05) is 13.1 Å². The zero-order chi connectivity index (χ0) is 18.2. The van der Waals surface area contributed by atoms with Gasteiger partial charge in [0.2, 0.25) is 0 Å².